The maximum atomic E-state index is 12.6. The van der Waals surface area contributed by atoms with Crippen molar-refractivity contribution in [3.05, 3.63) is 0 Å². The molecule has 0 saturated carbocycles. The average Bonchev–Trinajstić information content (AvgIpc) is 2.71. The van der Waals surface area contributed by atoms with Crippen molar-refractivity contribution in [2.45, 2.75) is 49.9 Å². The highest BCUT2D eigenvalue weighted by atomic mass is 32.2. The maximum Gasteiger partial charge on any atom is 0.326 e. The number of primary amides is 2. The van der Waals surface area contributed by atoms with Crippen LogP contribution in [0.3, 0.4) is 0 Å². The van der Waals surface area contributed by atoms with E-state index in [4.69, 9.17) is 22.3 Å². The molecule has 13 nitrogen and oxygen atoms in total. The van der Waals surface area contributed by atoms with Gasteiger partial charge < -0.3 is 38.3 Å². The van der Waals surface area contributed by atoms with Gasteiger partial charge in [0.05, 0.1) is 12.5 Å². The number of nitrogens with one attached hydrogen (secondary N) is 3. The van der Waals surface area contributed by atoms with Crippen LogP contribution in [0, 0.1) is 0 Å². The number of hydrogen-bond acceptors (Lipinski definition) is 9. The van der Waals surface area contributed by atoms with Crippen molar-refractivity contribution in [3.8, 4) is 0 Å². The maximum absolute atomic E-state index is 12.6. The standard InChI is InChI=1S/C17H30N6O7S2/c1-32-5-4-9(15(27)22-10(17(29)30)6-13(20)25)21-16(28)11(7-31)23-14(26)8(18)2-3-12(19)24/h8-11,31H,2-7,18H2,1H3,(H2,19,24)(H2,20,25)(H,21,28)(H,22,27)(H,23,26)(H,29,30)/t8-,9-,10-,11-/m0/s1. The lowest BCUT2D eigenvalue weighted by Gasteiger charge is -2.24. The molecular formula is C17H30N6O7S2. The monoisotopic (exact) mass is 494 g/mol. The third kappa shape index (κ3) is 11.8. The van der Waals surface area contributed by atoms with Crippen LogP contribution in [-0.2, 0) is 28.8 Å². The minimum Gasteiger partial charge on any atom is -0.480 e. The molecule has 0 fully saturated rings. The van der Waals surface area contributed by atoms with Crippen molar-refractivity contribution < 1.29 is 33.9 Å². The molecular weight excluding hydrogens is 464 g/mol. The van der Waals surface area contributed by atoms with Gasteiger partial charge in [0.15, 0.2) is 0 Å². The van der Waals surface area contributed by atoms with Crippen LogP contribution < -0.4 is 33.2 Å². The fraction of sp³-hybridized carbons (Fsp3) is 0.647. The number of carboxylic acids is 1. The first-order valence-electron chi connectivity index (χ1n) is 9.48. The van der Waals surface area contributed by atoms with Crippen molar-refractivity contribution in [3.63, 3.8) is 0 Å². The lowest BCUT2D eigenvalue weighted by Crippen LogP contribution is -2.58. The molecule has 0 aliphatic heterocycles. The Bertz CT molecular complexity index is 709. The van der Waals surface area contributed by atoms with Gasteiger partial charge in [0.25, 0.3) is 0 Å². The van der Waals surface area contributed by atoms with E-state index in [0.717, 1.165) is 0 Å². The molecule has 0 aliphatic carbocycles. The lowest BCUT2D eigenvalue weighted by atomic mass is 10.1. The highest BCUT2D eigenvalue weighted by Gasteiger charge is 2.30. The van der Waals surface area contributed by atoms with Gasteiger partial charge >= 0.3 is 5.97 Å². The Morgan fingerprint density at radius 1 is 0.875 bits per heavy atom. The number of amides is 5. The summed E-state index contributed by atoms with van der Waals surface area (Å²) >= 11 is 5.41. The predicted molar refractivity (Wildman–Crippen MR) is 120 cm³/mol. The molecule has 0 heterocycles. The normalized spacial score (nSPS) is 14.3. The number of rotatable bonds is 16. The Labute approximate surface area is 194 Å². The van der Waals surface area contributed by atoms with Gasteiger partial charge in [0.1, 0.15) is 18.1 Å². The second kappa shape index (κ2) is 15.3. The van der Waals surface area contributed by atoms with Crippen LogP contribution in [0.25, 0.3) is 0 Å². The van der Waals surface area contributed by atoms with Crippen LogP contribution in [0.1, 0.15) is 25.7 Å². The fourth-order valence-corrected chi connectivity index (χ4v) is 3.08. The fourth-order valence-electron chi connectivity index (χ4n) is 2.35. The molecule has 182 valence electrons. The molecule has 0 aromatic rings. The highest BCUT2D eigenvalue weighted by Crippen LogP contribution is 2.04. The van der Waals surface area contributed by atoms with E-state index in [1.165, 1.54) is 11.8 Å². The molecule has 5 amide bonds. The van der Waals surface area contributed by atoms with Gasteiger partial charge in [-0.15, -0.1) is 0 Å². The van der Waals surface area contributed by atoms with E-state index >= 15 is 0 Å². The zero-order valence-electron chi connectivity index (χ0n) is 17.5. The quantitative estimate of drug-likeness (QED) is 0.1000. The third-order valence-electron chi connectivity index (χ3n) is 4.12. The molecule has 10 N–H and O–H groups in total. The summed E-state index contributed by atoms with van der Waals surface area (Å²) in [4.78, 5) is 70.4. The summed E-state index contributed by atoms with van der Waals surface area (Å²) in [6.07, 6.45) is 1.17. The molecule has 0 radical (unpaired) electrons. The molecule has 4 atom stereocenters. The van der Waals surface area contributed by atoms with Crippen LogP contribution >= 0.6 is 24.4 Å². The van der Waals surface area contributed by atoms with E-state index in [1.807, 2.05) is 0 Å². The molecule has 0 saturated heterocycles. The second-order valence-electron chi connectivity index (χ2n) is 6.77. The Morgan fingerprint density at radius 3 is 1.88 bits per heavy atom. The smallest absolute Gasteiger partial charge is 0.326 e. The molecule has 0 rings (SSSR count). The van der Waals surface area contributed by atoms with E-state index in [1.54, 1.807) is 6.26 Å². The van der Waals surface area contributed by atoms with Crippen LogP contribution in [0.4, 0.5) is 0 Å². The number of carboxylic acid groups (broad SMARTS) is 1. The summed E-state index contributed by atoms with van der Waals surface area (Å²) in [5.74, 6) is -4.99. The van der Waals surface area contributed by atoms with Crippen molar-refractivity contribution in [1.29, 1.82) is 0 Å². The Morgan fingerprint density at radius 2 is 1.41 bits per heavy atom. The van der Waals surface area contributed by atoms with E-state index in [2.05, 4.69) is 28.6 Å². The summed E-state index contributed by atoms with van der Waals surface area (Å²) in [7, 11) is 0. The molecule has 0 aromatic heterocycles. The van der Waals surface area contributed by atoms with Gasteiger partial charge in [-0.05, 0) is 24.9 Å². The average molecular weight is 495 g/mol. The van der Waals surface area contributed by atoms with E-state index < -0.39 is 66.1 Å². The highest BCUT2D eigenvalue weighted by molar-refractivity contribution is 7.98. The van der Waals surface area contributed by atoms with E-state index in [-0.39, 0.29) is 25.0 Å². The number of thiol groups is 1. The van der Waals surface area contributed by atoms with Crippen LogP contribution in [0.2, 0.25) is 0 Å². The van der Waals surface area contributed by atoms with Crippen LogP contribution in [-0.4, -0.2) is 82.5 Å². The number of carbonyl (C=O) groups is 6. The van der Waals surface area contributed by atoms with Gasteiger partial charge in [-0.3, -0.25) is 24.0 Å². The lowest BCUT2D eigenvalue weighted by molar-refractivity contribution is -0.143. The SMILES string of the molecule is CSCC[C@H](NC(=O)[C@H](CS)NC(=O)[C@@H](N)CCC(N)=O)C(=O)N[C@@H](CC(N)=O)C(=O)O. The molecule has 0 spiro atoms. The largest absolute Gasteiger partial charge is 0.480 e. The van der Waals surface area contributed by atoms with E-state index in [0.29, 0.717) is 5.75 Å². The number of aliphatic carboxylic acids is 1. The second-order valence-corrected chi connectivity index (χ2v) is 8.12. The third-order valence-corrected chi connectivity index (χ3v) is 5.13. The summed E-state index contributed by atoms with van der Waals surface area (Å²) in [6, 6.07) is -4.95. The van der Waals surface area contributed by atoms with Gasteiger partial charge in [-0.25, -0.2) is 4.79 Å². The summed E-state index contributed by atoms with van der Waals surface area (Å²) in [6.45, 7) is 0. The molecule has 0 aromatic carbocycles. The number of hydrogen-bond donors (Lipinski definition) is 8. The molecule has 32 heavy (non-hydrogen) atoms. The number of thioether (sulfide) groups is 1. The molecule has 0 bridgehead atoms. The van der Waals surface area contributed by atoms with Crippen molar-refractivity contribution in [2.24, 2.45) is 17.2 Å². The topological polar surface area (TPSA) is 237 Å². The van der Waals surface area contributed by atoms with Gasteiger partial charge in [-0.2, -0.15) is 24.4 Å². The zero-order chi connectivity index (χ0) is 24.8. The first-order chi connectivity index (χ1) is 14.9. The van der Waals surface area contributed by atoms with Crippen molar-refractivity contribution >= 4 is 59.9 Å². The van der Waals surface area contributed by atoms with Gasteiger partial charge in [0.2, 0.25) is 29.5 Å². The van der Waals surface area contributed by atoms with Crippen LogP contribution in [0.15, 0.2) is 0 Å². The molecule has 0 aliphatic rings. The predicted octanol–water partition coefficient (Wildman–Crippen LogP) is -3.32. The summed E-state index contributed by atoms with van der Waals surface area (Å²) in [5, 5.41) is 16.1. The number of carbonyl (C=O) groups excluding carboxylic acids is 5. The summed E-state index contributed by atoms with van der Waals surface area (Å²) < 4.78 is 0. The zero-order valence-corrected chi connectivity index (χ0v) is 19.2. The first kappa shape index (κ1) is 29.5. The Balaban J connectivity index is 5.20. The van der Waals surface area contributed by atoms with E-state index in [9.17, 15) is 28.8 Å². The Kier molecular flexibility index (Phi) is 14.1. The van der Waals surface area contributed by atoms with Gasteiger partial charge in [-0.1, -0.05) is 0 Å². The Hall–Kier alpha value is -2.52. The first-order valence-corrected chi connectivity index (χ1v) is 11.5. The minimum atomic E-state index is -1.56. The molecule has 15 heteroatoms. The number of nitrogens with two attached hydrogens (primary N) is 3. The van der Waals surface area contributed by atoms with Crippen molar-refractivity contribution in [1.82, 2.24) is 16.0 Å². The van der Waals surface area contributed by atoms with Gasteiger partial charge in [0, 0.05) is 12.2 Å². The molecule has 0 unspecified atom stereocenters. The minimum absolute atomic E-state index is 0.0166. The van der Waals surface area contributed by atoms with Crippen LogP contribution in [0.5, 0.6) is 0 Å². The summed E-state index contributed by atoms with van der Waals surface area (Å²) in [5.41, 5.74) is 15.7. The van der Waals surface area contributed by atoms with Crippen molar-refractivity contribution in [2.75, 3.05) is 17.8 Å².